The Morgan fingerprint density at radius 1 is 0.375 bits per heavy atom. The minimum absolute atomic E-state index is 0.160. The van der Waals surface area contributed by atoms with Gasteiger partial charge in [0.1, 0.15) is 6.61 Å². The van der Waals surface area contributed by atoms with Crippen LogP contribution in [0.1, 0.15) is 32.6 Å². The molecule has 0 aromatic rings. The molecular weight excluding hydrogens is 634 g/mol. The van der Waals surface area contributed by atoms with Crippen molar-refractivity contribution in [3.63, 3.8) is 0 Å². The van der Waals surface area contributed by atoms with Crippen LogP contribution in [0, 0.1) is 0 Å². The smallest absolute Gasteiger partial charge is 0.305 e. The highest BCUT2D eigenvalue weighted by molar-refractivity contribution is 5.69. The summed E-state index contributed by atoms with van der Waals surface area (Å²) in [7, 11) is 1.89. The lowest BCUT2D eigenvalue weighted by molar-refractivity contribution is -0.145. The van der Waals surface area contributed by atoms with Crippen LogP contribution in [0.5, 0.6) is 0 Å². The van der Waals surface area contributed by atoms with E-state index in [1.807, 2.05) is 7.05 Å². The molecule has 0 aliphatic heterocycles. The molecule has 1 N–H and O–H groups in total. The first-order valence-corrected chi connectivity index (χ1v) is 17.5. The lowest BCUT2D eigenvalue weighted by Gasteiger charge is -2.09. The van der Waals surface area contributed by atoms with Crippen LogP contribution in [0.3, 0.4) is 0 Å². The van der Waals surface area contributed by atoms with E-state index in [1.54, 1.807) is 0 Å². The fourth-order valence-electron chi connectivity index (χ4n) is 3.50. The van der Waals surface area contributed by atoms with E-state index in [1.165, 1.54) is 0 Å². The van der Waals surface area contributed by atoms with E-state index in [9.17, 15) is 4.79 Å². The number of carbonyl (C=O) groups excluding carboxylic acids is 1. The minimum Gasteiger partial charge on any atom is -0.463 e. The molecule has 0 spiro atoms. The second-order valence-electron chi connectivity index (χ2n) is 10.1. The van der Waals surface area contributed by atoms with Crippen molar-refractivity contribution in [2.45, 2.75) is 32.6 Å². The maximum absolute atomic E-state index is 11.5. The summed E-state index contributed by atoms with van der Waals surface area (Å²) >= 11 is 0. The van der Waals surface area contributed by atoms with Gasteiger partial charge >= 0.3 is 5.97 Å². The zero-order chi connectivity index (χ0) is 34.7. The summed E-state index contributed by atoms with van der Waals surface area (Å²) in [6.07, 6.45) is 3.49. The van der Waals surface area contributed by atoms with Gasteiger partial charge in [0, 0.05) is 13.0 Å². The van der Waals surface area contributed by atoms with Gasteiger partial charge in [-0.05, 0) is 13.5 Å². The third-order valence-electron chi connectivity index (χ3n) is 6.06. The average molecular weight is 702 g/mol. The van der Waals surface area contributed by atoms with Gasteiger partial charge in [-0.3, -0.25) is 4.79 Å². The molecule has 0 aromatic carbocycles. The summed E-state index contributed by atoms with van der Waals surface area (Å²) in [5.41, 5.74) is 0. The molecule has 0 aliphatic carbocycles. The summed E-state index contributed by atoms with van der Waals surface area (Å²) < 4.78 is 70.4. The number of unbranched alkanes of at least 4 members (excludes halogenated alkanes) is 2. The first-order valence-electron chi connectivity index (χ1n) is 17.5. The van der Waals surface area contributed by atoms with E-state index < -0.39 is 0 Å². The number of rotatable bonds is 43. The fourth-order valence-corrected chi connectivity index (χ4v) is 3.50. The SMILES string of the molecule is CCCCCC(=O)OCCOCCOCCOCCOCCOCCOCCOCCOCCOCCOCCOCCOCCNC. The van der Waals surface area contributed by atoms with Crippen LogP contribution < -0.4 is 5.32 Å². The molecule has 15 heteroatoms. The van der Waals surface area contributed by atoms with Crippen molar-refractivity contribution >= 4 is 5.97 Å². The number of carbonyl (C=O) groups is 1. The Kier molecular flexibility index (Phi) is 43.0. The van der Waals surface area contributed by atoms with Crippen molar-refractivity contribution in [3.05, 3.63) is 0 Å². The normalized spacial score (nSPS) is 11.5. The molecule has 0 atom stereocenters. The number of nitrogens with one attached hydrogen (secondary N) is 1. The molecule has 0 saturated carbocycles. The van der Waals surface area contributed by atoms with Crippen molar-refractivity contribution < 1.29 is 66.4 Å². The van der Waals surface area contributed by atoms with Gasteiger partial charge in [0.2, 0.25) is 0 Å². The van der Waals surface area contributed by atoms with E-state index in [-0.39, 0.29) is 12.6 Å². The molecule has 0 aromatic heterocycles. The summed E-state index contributed by atoms with van der Waals surface area (Å²) in [6.45, 7) is 15.5. The molecule has 0 radical (unpaired) electrons. The highest BCUT2D eigenvalue weighted by Crippen LogP contribution is 2.00. The zero-order valence-electron chi connectivity index (χ0n) is 29.9. The summed E-state index contributed by atoms with van der Waals surface area (Å²) in [5.74, 6) is -0.160. The second-order valence-corrected chi connectivity index (χ2v) is 10.1. The number of ether oxygens (including phenoxy) is 13. The zero-order valence-corrected chi connectivity index (χ0v) is 29.9. The second kappa shape index (κ2) is 44.0. The number of esters is 1. The fraction of sp³-hybridized carbons (Fsp3) is 0.970. The van der Waals surface area contributed by atoms with Crippen molar-refractivity contribution in [3.8, 4) is 0 Å². The molecule has 0 fully saturated rings. The predicted molar refractivity (Wildman–Crippen MR) is 179 cm³/mol. The van der Waals surface area contributed by atoms with Gasteiger partial charge in [0.15, 0.2) is 0 Å². The molecule has 0 aliphatic rings. The van der Waals surface area contributed by atoms with Crippen LogP contribution in [0.25, 0.3) is 0 Å². The topological polar surface area (TPSA) is 149 Å². The van der Waals surface area contributed by atoms with Crippen LogP contribution in [0.2, 0.25) is 0 Å². The third kappa shape index (κ3) is 43.0. The standard InChI is InChI=1S/C33H67NO14/c1-3-4-5-6-33(35)48-32-31-47-30-29-46-28-27-45-26-25-44-24-23-43-22-21-42-20-19-41-18-17-40-16-15-39-14-13-38-12-11-37-10-9-36-8-7-34-2/h34H,3-32H2,1-2H3. The number of hydrogen-bond acceptors (Lipinski definition) is 15. The summed E-state index contributed by atoms with van der Waals surface area (Å²) in [6, 6.07) is 0. The summed E-state index contributed by atoms with van der Waals surface area (Å²) in [4.78, 5) is 11.5. The van der Waals surface area contributed by atoms with Gasteiger partial charge in [0.05, 0.1) is 159 Å². The van der Waals surface area contributed by atoms with E-state index in [2.05, 4.69) is 12.2 Å². The molecule has 0 rings (SSSR count). The van der Waals surface area contributed by atoms with E-state index in [4.69, 9.17) is 61.6 Å². The summed E-state index contributed by atoms with van der Waals surface area (Å²) in [5, 5.41) is 3.02. The largest absolute Gasteiger partial charge is 0.463 e. The Hall–Kier alpha value is -1.05. The molecule has 15 nitrogen and oxygen atoms in total. The highest BCUT2D eigenvalue weighted by atomic mass is 16.6. The van der Waals surface area contributed by atoms with Gasteiger partial charge in [0.25, 0.3) is 0 Å². The Labute approximate surface area is 289 Å². The van der Waals surface area contributed by atoms with Gasteiger partial charge in [-0.1, -0.05) is 19.8 Å². The maximum atomic E-state index is 11.5. The van der Waals surface area contributed by atoms with Crippen LogP contribution in [0.4, 0.5) is 0 Å². The Morgan fingerprint density at radius 2 is 0.625 bits per heavy atom. The molecule has 288 valence electrons. The minimum atomic E-state index is -0.160. The molecule has 48 heavy (non-hydrogen) atoms. The molecular formula is C33H67NO14. The van der Waals surface area contributed by atoms with Crippen molar-refractivity contribution in [2.75, 3.05) is 179 Å². The maximum Gasteiger partial charge on any atom is 0.305 e. The Bertz CT molecular complexity index is 609. The quantitative estimate of drug-likeness (QED) is 0.0723. The third-order valence-corrected chi connectivity index (χ3v) is 6.06. The Balaban J connectivity index is 3.07. The van der Waals surface area contributed by atoms with Crippen LogP contribution >= 0.6 is 0 Å². The molecule has 0 unspecified atom stereocenters. The number of hydrogen-bond donors (Lipinski definition) is 1. The Morgan fingerprint density at radius 3 is 0.875 bits per heavy atom. The number of likely N-dealkylation sites (N-methyl/N-ethyl adjacent to an activating group) is 1. The van der Waals surface area contributed by atoms with Crippen molar-refractivity contribution in [1.29, 1.82) is 0 Å². The molecule has 0 saturated heterocycles. The lowest BCUT2D eigenvalue weighted by Crippen LogP contribution is -2.17. The molecule has 0 heterocycles. The van der Waals surface area contributed by atoms with Gasteiger partial charge in [-0.2, -0.15) is 0 Å². The van der Waals surface area contributed by atoms with Crippen LogP contribution in [0.15, 0.2) is 0 Å². The van der Waals surface area contributed by atoms with Gasteiger partial charge < -0.3 is 66.9 Å². The first-order chi connectivity index (χ1) is 23.8. The van der Waals surface area contributed by atoms with Gasteiger partial charge in [-0.15, -0.1) is 0 Å². The van der Waals surface area contributed by atoms with Crippen LogP contribution in [-0.4, -0.2) is 185 Å². The molecule has 0 amide bonds. The van der Waals surface area contributed by atoms with Gasteiger partial charge in [-0.25, -0.2) is 0 Å². The predicted octanol–water partition coefficient (Wildman–Crippen LogP) is 1.53. The molecule has 0 bridgehead atoms. The first kappa shape index (κ1) is 47.0. The van der Waals surface area contributed by atoms with Crippen molar-refractivity contribution in [2.24, 2.45) is 0 Å². The van der Waals surface area contributed by atoms with Crippen LogP contribution in [-0.2, 0) is 66.4 Å². The monoisotopic (exact) mass is 701 g/mol. The van der Waals surface area contributed by atoms with E-state index in [0.717, 1.165) is 25.8 Å². The lowest BCUT2D eigenvalue weighted by atomic mass is 10.2. The van der Waals surface area contributed by atoms with E-state index >= 15 is 0 Å². The van der Waals surface area contributed by atoms with E-state index in [0.29, 0.717) is 165 Å². The van der Waals surface area contributed by atoms with Crippen molar-refractivity contribution in [1.82, 2.24) is 5.32 Å². The highest BCUT2D eigenvalue weighted by Gasteiger charge is 2.02. The average Bonchev–Trinajstić information content (AvgIpc) is 3.09.